The van der Waals surface area contributed by atoms with Gasteiger partial charge >= 0.3 is 11.9 Å². The lowest BCUT2D eigenvalue weighted by Gasteiger charge is -2.31. The molecule has 0 saturated carbocycles. The minimum absolute atomic E-state index is 0.0148. The molecule has 33 heavy (non-hydrogen) atoms. The normalized spacial score (nSPS) is 21.5. The number of hydrogen-bond acceptors (Lipinski definition) is 5. The van der Waals surface area contributed by atoms with Crippen LogP contribution in [-0.2, 0) is 12.7 Å². The first-order valence-corrected chi connectivity index (χ1v) is 11.4. The number of aromatic nitrogens is 3. The lowest BCUT2D eigenvalue weighted by molar-refractivity contribution is -0.134. The zero-order valence-electron chi connectivity index (χ0n) is 18.5. The molecule has 0 bridgehead atoms. The van der Waals surface area contributed by atoms with Crippen molar-refractivity contribution in [1.82, 2.24) is 14.5 Å². The Morgan fingerprint density at radius 2 is 1.94 bits per heavy atom. The molecule has 2 aliphatic rings. The van der Waals surface area contributed by atoms with Crippen LogP contribution in [0.5, 0.6) is 0 Å². The monoisotopic (exact) mass is 480 g/mol. The van der Waals surface area contributed by atoms with E-state index in [1.807, 2.05) is 30.1 Å². The number of thiophene rings is 1. The van der Waals surface area contributed by atoms with E-state index in [-0.39, 0.29) is 18.4 Å². The van der Waals surface area contributed by atoms with Gasteiger partial charge in [0.1, 0.15) is 16.9 Å². The molecule has 10 heteroatoms. The highest BCUT2D eigenvalue weighted by Crippen LogP contribution is 2.36. The van der Waals surface area contributed by atoms with E-state index in [1.165, 1.54) is 10.6 Å². The summed E-state index contributed by atoms with van der Waals surface area (Å²) < 4.78 is 54.2. The first-order chi connectivity index (χ1) is 15.5. The number of alkyl halides is 4. The molecule has 0 radical (unpaired) electrons. The third-order valence-corrected chi connectivity index (χ3v) is 7.20. The van der Waals surface area contributed by atoms with Crippen LogP contribution in [0.3, 0.4) is 0 Å². The summed E-state index contributed by atoms with van der Waals surface area (Å²) in [4.78, 5) is 22.7. The van der Waals surface area contributed by atoms with E-state index >= 15 is 0 Å². The summed E-state index contributed by atoms with van der Waals surface area (Å²) in [5, 5.41) is 0. The Morgan fingerprint density at radius 1 is 1.18 bits per heavy atom. The minimum Gasteiger partial charge on any atom is -0.337 e. The van der Waals surface area contributed by atoms with Gasteiger partial charge < -0.3 is 4.90 Å². The van der Waals surface area contributed by atoms with Gasteiger partial charge in [-0.1, -0.05) is 25.2 Å². The second kappa shape index (κ2) is 8.89. The molecule has 1 aliphatic carbocycles. The highest BCUT2D eigenvalue weighted by molar-refractivity contribution is 7.12. The zero-order chi connectivity index (χ0) is 23.9. The van der Waals surface area contributed by atoms with Crippen LogP contribution in [0.2, 0.25) is 0 Å². The van der Waals surface area contributed by atoms with Crippen LogP contribution in [-0.4, -0.2) is 33.8 Å². The molecular weight excluding hydrogens is 456 g/mol. The maximum atomic E-state index is 14.4. The molecule has 0 saturated heterocycles. The van der Waals surface area contributed by atoms with Gasteiger partial charge in [0.25, 0.3) is 0 Å². The molecule has 5 nitrogen and oxygen atoms in total. The predicted octanol–water partition coefficient (Wildman–Crippen LogP) is 5.07. The van der Waals surface area contributed by atoms with E-state index in [2.05, 4.69) is 9.97 Å². The third-order valence-electron chi connectivity index (χ3n) is 6.09. The van der Waals surface area contributed by atoms with Crippen LogP contribution in [0.15, 0.2) is 51.9 Å². The fraction of sp³-hybridized carbons (Fsp3) is 0.435. The summed E-state index contributed by atoms with van der Waals surface area (Å²) in [7, 11) is 0. The third kappa shape index (κ3) is 4.80. The molecule has 0 fully saturated rings. The molecule has 2 aromatic heterocycles. The number of aryl methyl sites for hydroxylation is 1. The largest absolute Gasteiger partial charge is 0.425 e. The smallest absolute Gasteiger partial charge is 0.337 e. The Balaban J connectivity index is 1.50. The molecule has 4 rings (SSSR count). The van der Waals surface area contributed by atoms with E-state index < -0.39 is 22.9 Å². The van der Waals surface area contributed by atoms with Crippen LogP contribution in [0.4, 0.5) is 23.5 Å². The van der Waals surface area contributed by atoms with Crippen LogP contribution >= 0.6 is 11.3 Å². The summed E-state index contributed by atoms with van der Waals surface area (Å²) in [6, 6.07) is 2.38. The maximum Gasteiger partial charge on any atom is 0.425 e. The Hall–Kier alpha value is -2.75. The van der Waals surface area contributed by atoms with E-state index in [0.717, 1.165) is 22.8 Å². The maximum absolute atomic E-state index is 14.4. The van der Waals surface area contributed by atoms with Crippen molar-refractivity contribution in [2.75, 3.05) is 18.0 Å². The van der Waals surface area contributed by atoms with E-state index in [4.69, 9.17) is 0 Å². The molecule has 3 heterocycles. The average molecular weight is 481 g/mol. The van der Waals surface area contributed by atoms with E-state index in [1.54, 1.807) is 13.8 Å². The van der Waals surface area contributed by atoms with E-state index in [9.17, 15) is 22.4 Å². The van der Waals surface area contributed by atoms with Crippen LogP contribution in [0, 0.1) is 12.8 Å². The standard InChI is InChI=1S/C23H24F4N4OS/c1-13-4-6-18(14(2)20(13)24)16-8-10-30(11-9-16)21-28-15(3)31(22(32)29-21)12-17-5-7-19(33-17)23(25,26)27/h4-8,14,20H,9-12H2,1-3H3. The quantitative estimate of drug-likeness (QED) is 0.574. The van der Waals surface area contributed by atoms with Crippen molar-refractivity contribution in [1.29, 1.82) is 0 Å². The molecule has 1 aliphatic heterocycles. The van der Waals surface area contributed by atoms with E-state index in [0.29, 0.717) is 41.5 Å². The summed E-state index contributed by atoms with van der Waals surface area (Å²) in [5.41, 5.74) is 2.26. The Bertz CT molecular complexity index is 1210. The molecule has 2 atom stereocenters. The van der Waals surface area contributed by atoms with Crippen molar-refractivity contribution in [3.63, 3.8) is 0 Å². The Labute approximate surface area is 192 Å². The molecule has 2 unspecified atom stereocenters. The second-order valence-electron chi connectivity index (χ2n) is 8.35. The topological polar surface area (TPSA) is 51.0 Å². The number of rotatable bonds is 4. The summed E-state index contributed by atoms with van der Waals surface area (Å²) >= 11 is 0.604. The lowest BCUT2D eigenvalue weighted by atomic mass is 9.81. The summed E-state index contributed by atoms with van der Waals surface area (Å²) in [6.45, 7) is 6.37. The first kappa shape index (κ1) is 23.4. The number of halogens is 4. The summed E-state index contributed by atoms with van der Waals surface area (Å²) in [6.07, 6.45) is 1.10. The molecule has 0 amide bonds. The molecule has 176 valence electrons. The van der Waals surface area contributed by atoms with Gasteiger partial charge in [-0.05, 0) is 49.1 Å². The minimum atomic E-state index is -4.41. The van der Waals surface area contributed by atoms with Crippen LogP contribution in [0.25, 0.3) is 0 Å². The van der Waals surface area contributed by atoms with Crippen molar-refractivity contribution in [2.24, 2.45) is 5.92 Å². The SMILES string of the molecule is CC1=CC=C(C2=CCN(c3nc(C)n(Cc4ccc(C(F)(F)F)s4)c(=O)n3)CC2)C(C)C1F. The molecule has 0 aromatic carbocycles. The van der Waals surface area contributed by atoms with Crippen molar-refractivity contribution in [3.8, 4) is 0 Å². The number of allylic oxidation sites excluding steroid dienone is 4. The fourth-order valence-corrected chi connectivity index (χ4v) is 5.00. The van der Waals surface area contributed by atoms with Gasteiger partial charge in [0.2, 0.25) is 5.95 Å². The fourth-order valence-electron chi connectivity index (χ4n) is 4.14. The number of nitrogens with zero attached hydrogens (tertiary/aromatic N) is 4. The highest BCUT2D eigenvalue weighted by Gasteiger charge is 2.32. The van der Waals surface area contributed by atoms with Crippen molar-refractivity contribution in [2.45, 2.75) is 46.1 Å². The Kier molecular flexibility index (Phi) is 6.30. The van der Waals surface area contributed by atoms with Crippen LogP contribution in [0.1, 0.15) is 35.8 Å². The van der Waals surface area contributed by atoms with Crippen molar-refractivity contribution < 1.29 is 17.6 Å². The van der Waals surface area contributed by atoms with Gasteiger partial charge in [-0.3, -0.25) is 4.57 Å². The molecule has 0 spiro atoms. The van der Waals surface area contributed by atoms with Gasteiger partial charge in [-0.15, -0.1) is 11.3 Å². The van der Waals surface area contributed by atoms with Gasteiger partial charge in [-0.25, -0.2) is 9.18 Å². The molecule has 2 aromatic rings. The predicted molar refractivity (Wildman–Crippen MR) is 120 cm³/mol. The second-order valence-corrected chi connectivity index (χ2v) is 9.52. The molecular formula is C23H24F4N4OS. The first-order valence-electron chi connectivity index (χ1n) is 10.6. The highest BCUT2D eigenvalue weighted by atomic mass is 32.1. The molecule has 0 N–H and O–H groups in total. The van der Waals surface area contributed by atoms with Crippen molar-refractivity contribution >= 4 is 17.3 Å². The van der Waals surface area contributed by atoms with Crippen molar-refractivity contribution in [3.05, 3.63) is 73.1 Å². The lowest BCUT2D eigenvalue weighted by Crippen LogP contribution is -2.36. The summed E-state index contributed by atoms with van der Waals surface area (Å²) in [5.74, 6) is 0.465. The van der Waals surface area contributed by atoms with Gasteiger partial charge in [0.05, 0.1) is 6.54 Å². The van der Waals surface area contributed by atoms with Gasteiger partial charge in [0, 0.05) is 23.9 Å². The van der Waals surface area contributed by atoms with Gasteiger partial charge in [0.15, 0.2) is 0 Å². The Morgan fingerprint density at radius 3 is 2.55 bits per heavy atom. The van der Waals surface area contributed by atoms with Gasteiger partial charge in [-0.2, -0.15) is 23.1 Å². The van der Waals surface area contributed by atoms with Crippen LogP contribution < -0.4 is 10.6 Å². The average Bonchev–Trinajstić information content (AvgIpc) is 3.24. The zero-order valence-corrected chi connectivity index (χ0v) is 19.3. The number of hydrogen-bond donors (Lipinski definition) is 0. The number of anilines is 1.